The first-order valence-corrected chi connectivity index (χ1v) is 12.5. The summed E-state index contributed by atoms with van der Waals surface area (Å²) in [5, 5.41) is -6.59. The Bertz CT molecular complexity index is 1230. The lowest BCUT2D eigenvalue weighted by molar-refractivity contribution is -0.0639. The number of alkyl halides is 4. The van der Waals surface area contributed by atoms with Crippen LogP contribution in [0.2, 0.25) is 0 Å². The van der Waals surface area contributed by atoms with Gasteiger partial charge in [-0.25, -0.2) is 22.2 Å². The Morgan fingerprint density at radius 2 is 1.19 bits per heavy atom. The van der Waals surface area contributed by atoms with Gasteiger partial charge in [0.05, 0.1) is 11.4 Å². The molecule has 2 aromatic carbocycles. The van der Waals surface area contributed by atoms with E-state index >= 15 is 0 Å². The summed E-state index contributed by atoms with van der Waals surface area (Å²) in [6.07, 6.45) is -4.43. The van der Waals surface area contributed by atoms with Crippen molar-refractivity contribution in [3.63, 3.8) is 0 Å². The highest BCUT2D eigenvalue weighted by Crippen LogP contribution is 2.38. The predicted molar refractivity (Wildman–Crippen MR) is 128 cm³/mol. The Balaban J connectivity index is 2.13. The van der Waals surface area contributed by atoms with E-state index in [1.807, 2.05) is 41.5 Å². The molecule has 0 aliphatic carbocycles. The van der Waals surface area contributed by atoms with E-state index in [2.05, 4.69) is 9.97 Å². The van der Waals surface area contributed by atoms with Gasteiger partial charge in [0.2, 0.25) is 5.16 Å². The second-order valence-corrected chi connectivity index (χ2v) is 12.0. The van der Waals surface area contributed by atoms with Crippen molar-refractivity contribution < 1.29 is 35.5 Å². The lowest BCUT2D eigenvalue weighted by atomic mass is 10.0. The molecule has 1 heterocycles. The Morgan fingerprint density at radius 3 is 1.58 bits per heavy atom. The molecule has 1 aromatic heterocycles. The van der Waals surface area contributed by atoms with Crippen LogP contribution in [0.15, 0.2) is 53.7 Å². The van der Waals surface area contributed by atoms with E-state index in [-0.39, 0.29) is 11.4 Å². The Hall–Kier alpha value is -3.08. The number of rotatable bonds is 7. The predicted octanol–water partition coefficient (Wildman–Crippen LogP) is 6.73. The molecule has 0 radical (unpaired) electrons. The Kier molecular flexibility index (Phi) is 7.20. The maximum atomic E-state index is 13.9. The number of H-pyrrole nitrogens is 1. The molecule has 0 amide bonds. The quantitative estimate of drug-likeness (QED) is 0.344. The molecule has 0 atom stereocenters. The Morgan fingerprint density at radius 1 is 0.778 bits per heavy atom. The molecule has 36 heavy (non-hydrogen) atoms. The minimum absolute atomic E-state index is 0.00885. The van der Waals surface area contributed by atoms with Gasteiger partial charge in [-0.2, -0.15) is 8.78 Å². The summed E-state index contributed by atoms with van der Waals surface area (Å²) in [5.74, 6) is 1.04. The number of hydrogen-bond donors (Lipinski definition) is 1. The van der Waals surface area contributed by atoms with Gasteiger partial charge < -0.3 is 14.5 Å². The zero-order valence-electron chi connectivity index (χ0n) is 20.7. The van der Waals surface area contributed by atoms with Gasteiger partial charge in [-0.15, -0.1) is 0 Å². The van der Waals surface area contributed by atoms with Crippen LogP contribution in [0.5, 0.6) is 11.5 Å². The van der Waals surface area contributed by atoms with Crippen molar-refractivity contribution in [1.29, 1.82) is 0 Å². The van der Waals surface area contributed by atoms with Gasteiger partial charge in [0, 0.05) is 11.1 Å². The second-order valence-electron chi connectivity index (χ2n) is 10.1. The number of aromatic nitrogens is 2. The molecular weight excluding hydrogens is 500 g/mol. The molecule has 1 N–H and O–H groups in total. The summed E-state index contributed by atoms with van der Waals surface area (Å²) < 4.78 is 90.0. The summed E-state index contributed by atoms with van der Waals surface area (Å²) in [6, 6.07) is 12.8. The number of benzene rings is 2. The minimum Gasteiger partial charge on any atom is -0.488 e. The van der Waals surface area contributed by atoms with Crippen LogP contribution in [0.25, 0.3) is 22.5 Å². The summed E-state index contributed by atoms with van der Waals surface area (Å²) in [4.78, 5) is 6.17. The van der Waals surface area contributed by atoms with Gasteiger partial charge in [0.1, 0.15) is 22.7 Å². The van der Waals surface area contributed by atoms with Gasteiger partial charge in [0.15, 0.2) is 0 Å². The van der Waals surface area contributed by atoms with E-state index in [1.165, 1.54) is 0 Å². The number of halogens is 4. The molecule has 11 heteroatoms. The molecule has 0 saturated heterocycles. The lowest BCUT2D eigenvalue weighted by Crippen LogP contribution is -2.37. The maximum Gasteiger partial charge on any atom is 0.411 e. The normalized spacial score (nSPS) is 13.2. The average Bonchev–Trinajstić information content (AvgIpc) is 3.18. The van der Waals surface area contributed by atoms with Gasteiger partial charge >= 0.3 is 11.7 Å². The van der Waals surface area contributed by atoms with Crippen molar-refractivity contribution >= 4 is 9.84 Å². The molecule has 6 nitrogen and oxygen atoms in total. The van der Waals surface area contributed by atoms with Crippen molar-refractivity contribution in [2.24, 2.45) is 0 Å². The smallest absolute Gasteiger partial charge is 0.411 e. The third kappa shape index (κ3) is 6.00. The number of hydrogen-bond acceptors (Lipinski definition) is 5. The van der Waals surface area contributed by atoms with E-state index in [4.69, 9.17) is 9.47 Å². The largest absolute Gasteiger partial charge is 0.488 e. The zero-order chi connectivity index (χ0) is 27.1. The number of nitrogens with one attached hydrogen (secondary N) is 1. The fourth-order valence-corrected chi connectivity index (χ4v) is 4.16. The molecule has 0 unspecified atom stereocenters. The van der Waals surface area contributed by atoms with Crippen LogP contribution >= 0.6 is 0 Å². The number of sulfone groups is 1. The van der Waals surface area contributed by atoms with Crippen LogP contribution in [0.4, 0.5) is 17.6 Å². The van der Waals surface area contributed by atoms with Crippen molar-refractivity contribution in [3.05, 3.63) is 48.5 Å². The number of ether oxygens (including phenoxy) is 2. The third-order valence-electron chi connectivity index (χ3n) is 4.67. The van der Waals surface area contributed by atoms with Gasteiger partial charge in [-0.05, 0) is 90.1 Å². The Labute approximate surface area is 207 Å². The van der Waals surface area contributed by atoms with Crippen LogP contribution in [0.3, 0.4) is 0 Å². The highest BCUT2D eigenvalue weighted by molar-refractivity contribution is 7.92. The summed E-state index contributed by atoms with van der Waals surface area (Å²) in [6.45, 7) is 11.2. The number of nitrogens with zero attached hydrogens (tertiary/aromatic N) is 1. The molecular formula is C25H28F4N2O4S. The van der Waals surface area contributed by atoms with Gasteiger partial charge in [-0.3, -0.25) is 0 Å². The second kappa shape index (κ2) is 9.42. The molecule has 0 fully saturated rings. The van der Waals surface area contributed by atoms with Crippen LogP contribution in [0.1, 0.15) is 41.5 Å². The van der Waals surface area contributed by atoms with Crippen molar-refractivity contribution in [3.8, 4) is 34.0 Å². The van der Waals surface area contributed by atoms with E-state index in [1.54, 1.807) is 48.5 Å². The highest BCUT2D eigenvalue weighted by Gasteiger charge is 2.56. The first kappa shape index (κ1) is 27.5. The maximum absolute atomic E-state index is 13.9. The zero-order valence-corrected chi connectivity index (χ0v) is 21.5. The molecule has 0 saturated carbocycles. The summed E-state index contributed by atoms with van der Waals surface area (Å²) >= 11 is 0. The first-order valence-electron chi connectivity index (χ1n) is 11.0. The molecule has 0 spiro atoms. The van der Waals surface area contributed by atoms with Gasteiger partial charge in [-0.1, -0.05) is 0 Å². The number of aromatic amines is 1. The summed E-state index contributed by atoms with van der Waals surface area (Å²) in [5.41, 5.74) is -0.150. The van der Waals surface area contributed by atoms with Gasteiger partial charge in [0.25, 0.3) is 9.84 Å². The molecule has 3 rings (SSSR count). The van der Waals surface area contributed by atoms with Crippen molar-refractivity contribution in [2.75, 3.05) is 0 Å². The standard InChI is InChI=1S/C25H28F4N2O4S/c1-23(2,3)34-17-11-7-15(8-12-17)19-20(16-9-13-18(14-10-16)35-24(4,5)6)31-22(30-19)36(32,33)25(28,29)21(26)27/h7-14,21H,1-6H3,(H,30,31). The molecule has 0 aliphatic heterocycles. The fraction of sp³-hybridized carbons (Fsp3) is 0.400. The average molecular weight is 529 g/mol. The molecule has 0 aliphatic rings. The van der Waals surface area contributed by atoms with Crippen molar-refractivity contribution in [2.45, 2.75) is 69.6 Å². The number of imidazole rings is 1. The minimum atomic E-state index is -5.82. The highest BCUT2D eigenvalue weighted by atomic mass is 32.2. The fourth-order valence-electron chi connectivity index (χ4n) is 3.22. The van der Waals surface area contributed by atoms with E-state index < -0.39 is 37.9 Å². The van der Waals surface area contributed by atoms with Crippen molar-refractivity contribution in [1.82, 2.24) is 9.97 Å². The third-order valence-corrected chi connectivity index (χ3v) is 6.26. The van der Waals surface area contributed by atoms with Crippen LogP contribution in [-0.2, 0) is 9.84 Å². The molecule has 196 valence electrons. The molecule has 0 bridgehead atoms. The topological polar surface area (TPSA) is 81.3 Å². The lowest BCUT2D eigenvalue weighted by Gasteiger charge is -2.21. The van der Waals surface area contributed by atoms with Crippen LogP contribution < -0.4 is 9.47 Å². The molecule has 3 aromatic rings. The van der Waals surface area contributed by atoms with E-state index in [0.29, 0.717) is 22.6 Å². The monoisotopic (exact) mass is 528 g/mol. The first-order chi connectivity index (χ1) is 16.4. The van der Waals surface area contributed by atoms with E-state index in [9.17, 15) is 26.0 Å². The van der Waals surface area contributed by atoms with Crippen LogP contribution in [0, 0.1) is 0 Å². The summed E-state index contributed by atoms with van der Waals surface area (Å²) in [7, 11) is -5.82. The van der Waals surface area contributed by atoms with Crippen LogP contribution in [-0.4, -0.2) is 41.3 Å². The van der Waals surface area contributed by atoms with E-state index in [0.717, 1.165) is 0 Å². The SMILES string of the molecule is CC(C)(C)Oc1ccc(-c2nc(S(=O)(=O)C(F)(F)C(F)F)[nH]c2-c2ccc(OC(C)(C)C)cc2)cc1.